The minimum atomic E-state index is -4.90. The van der Waals surface area contributed by atoms with Crippen molar-refractivity contribution in [2.24, 2.45) is 0 Å². The monoisotopic (exact) mass is 411 g/mol. The van der Waals surface area contributed by atoms with Crippen LogP contribution in [0, 0.1) is 0 Å². The molecular weight excluding hydrogens is 395 g/mol. The molecule has 3 rings (SSSR count). The van der Waals surface area contributed by atoms with Crippen LogP contribution in [-0.4, -0.2) is 24.3 Å². The van der Waals surface area contributed by atoms with Crippen LogP contribution in [0.4, 0.5) is 13.2 Å². The Kier molecular flexibility index (Phi) is 5.43. The van der Waals surface area contributed by atoms with Gasteiger partial charge in [-0.15, -0.1) is 13.2 Å². The molecule has 0 spiro atoms. The van der Waals surface area contributed by atoms with Crippen molar-refractivity contribution >= 4 is 10.0 Å². The Bertz CT molecular complexity index is 1030. The molecule has 28 heavy (non-hydrogen) atoms. The number of sulfonamides is 1. The van der Waals surface area contributed by atoms with Gasteiger partial charge in [0.2, 0.25) is 10.0 Å². The highest BCUT2D eigenvalue weighted by Crippen LogP contribution is 2.26. The molecule has 148 valence electrons. The minimum absolute atomic E-state index is 0.323. The number of imidazole rings is 1. The Labute approximate surface area is 159 Å². The zero-order valence-electron chi connectivity index (χ0n) is 14.6. The Morgan fingerprint density at radius 2 is 1.86 bits per heavy atom. The minimum Gasteiger partial charge on any atom is -0.406 e. The van der Waals surface area contributed by atoms with E-state index < -0.39 is 28.2 Å². The van der Waals surface area contributed by atoms with Crippen molar-refractivity contribution in [3.05, 3.63) is 72.8 Å². The van der Waals surface area contributed by atoms with Crippen LogP contribution in [0.1, 0.15) is 18.5 Å². The summed E-state index contributed by atoms with van der Waals surface area (Å²) in [6.07, 6.45) is 0.148. The molecule has 10 heteroatoms. The van der Waals surface area contributed by atoms with E-state index in [9.17, 15) is 21.6 Å². The summed E-state index contributed by atoms with van der Waals surface area (Å²) >= 11 is 0. The maximum Gasteiger partial charge on any atom is 0.573 e. The highest BCUT2D eigenvalue weighted by molar-refractivity contribution is 7.89. The SMILES string of the molecule is CC(NS(=O)(=O)c1cccc(OC(F)(F)F)c1)c1ccc(-n2ccnc2)cc1. The molecule has 0 saturated carbocycles. The number of nitrogens with zero attached hydrogens (tertiary/aromatic N) is 2. The van der Waals surface area contributed by atoms with Crippen molar-refractivity contribution in [1.29, 1.82) is 0 Å². The first-order valence-corrected chi connectivity index (χ1v) is 9.59. The number of hydrogen-bond donors (Lipinski definition) is 1. The number of benzene rings is 2. The molecule has 3 aromatic rings. The van der Waals surface area contributed by atoms with Gasteiger partial charge in [0.1, 0.15) is 5.75 Å². The van der Waals surface area contributed by atoms with Gasteiger partial charge in [0, 0.05) is 30.2 Å². The quantitative estimate of drug-likeness (QED) is 0.670. The number of rotatable bonds is 6. The fourth-order valence-corrected chi connectivity index (χ4v) is 3.82. The van der Waals surface area contributed by atoms with Crippen LogP contribution in [0.25, 0.3) is 5.69 Å². The van der Waals surface area contributed by atoms with Crippen molar-refractivity contribution in [3.8, 4) is 11.4 Å². The molecule has 0 aliphatic rings. The third kappa shape index (κ3) is 4.90. The zero-order valence-corrected chi connectivity index (χ0v) is 15.4. The summed E-state index contributed by atoms with van der Waals surface area (Å²) in [6, 6.07) is 10.8. The topological polar surface area (TPSA) is 73.2 Å². The van der Waals surface area contributed by atoms with Gasteiger partial charge in [-0.3, -0.25) is 0 Å². The fraction of sp³-hybridized carbons (Fsp3) is 0.167. The molecule has 1 heterocycles. The largest absolute Gasteiger partial charge is 0.573 e. The molecule has 0 bridgehead atoms. The van der Waals surface area contributed by atoms with Crippen molar-refractivity contribution in [2.45, 2.75) is 24.2 Å². The van der Waals surface area contributed by atoms with Gasteiger partial charge in [0.15, 0.2) is 0 Å². The van der Waals surface area contributed by atoms with Gasteiger partial charge in [-0.2, -0.15) is 0 Å². The van der Waals surface area contributed by atoms with Crippen LogP contribution in [0.5, 0.6) is 5.75 Å². The van der Waals surface area contributed by atoms with E-state index in [2.05, 4.69) is 14.4 Å². The molecule has 2 aromatic carbocycles. The first-order chi connectivity index (χ1) is 13.1. The van der Waals surface area contributed by atoms with E-state index in [1.165, 1.54) is 12.1 Å². The summed E-state index contributed by atoms with van der Waals surface area (Å²) in [6.45, 7) is 1.64. The van der Waals surface area contributed by atoms with Crippen LogP contribution in [0.3, 0.4) is 0 Å². The second-order valence-corrected chi connectivity index (χ2v) is 7.64. The van der Waals surface area contributed by atoms with E-state index in [0.717, 1.165) is 17.8 Å². The van der Waals surface area contributed by atoms with Crippen LogP contribution >= 0.6 is 0 Å². The Hall–Kier alpha value is -2.85. The Morgan fingerprint density at radius 1 is 1.14 bits per heavy atom. The predicted molar refractivity (Wildman–Crippen MR) is 95.4 cm³/mol. The molecule has 0 amide bonds. The Balaban J connectivity index is 1.75. The average molecular weight is 411 g/mol. The van der Waals surface area contributed by atoms with Crippen LogP contribution < -0.4 is 9.46 Å². The molecule has 0 aliphatic heterocycles. The number of alkyl halides is 3. The molecule has 1 N–H and O–H groups in total. The van der Waals surface area contributed by atoms with Crippen LogP contribution in [0.15, 0.2) is 72.1 Å². The van der Waals surface area contributed by atoms with Gasteiger partial charge in [-0.25, -0.2) is 18.1 Å². The van der Waals surface area contributed by atoms with Gasteiger partial charge in [0.25, 0.3) is 0 Å². The Morgan fingerprint density at radius 3 is 2.46 bits per heavy atom. The fourth-order valence-electron chi connectivity index (χ4n) is 2.55. The molecule has 0 aliphatic carbocycles. The summed E-state index contributed by atoms with van der Waals surface area (Å²) in [5.41, 5.74) is 1.54. The first kappa shape index (κ1) is 19.9. The maximum absolute atomic E-state index is 12.5. The van der Waals surface area contributed by atoms with Crippen molar-refractivity contribution < 1.29 is 26.3 Å². The summed E-state index contributed by atoms with van der Waals surface area (Å²) < 4.78 is 70.1. The molecule has 1 aromatic heterocycles. The van der Waals surface area contributed by atoms with Crippen molar-refractivity contribution in [2.75, 3.05) is 0 Å². The van der Waals surface area contributed by atoms with E-state index in [0.29, 0.717) is 5.56 Å². The third-order valence-corrected chi connectivity index (χ3v) is 5.42. The molecule has 0 radical (unpaired) electrons. The molecule has 1 unspecified atom stereocenters. The first-order valence-electron chi connectivity index (χ1n) is 8.10. The van der Waals surface area contributed by atoms with Crippen LogP contribution in [0.2, 0.25) is 0 Å². The highest BCUT2D eigenvalue weighted by atomic mass is 32.2. The van der Waals surface area contributed by atoms with Gasteiger partial charge in [-0.05, 0) is 36.8 Å². The molecule has 1 atom stereocenters. The second-order valence-electron chi connectivity index (χ2n) is 5.93. The lowest BCUT2D eigenvalue weighted by Gasteiger charge is -2.16. The number of hydrogen-bond acceptors (Lipinski definition) is 4. The smallest absolute Gasteiger partial charge is 0.406 e. The van der Waals surface area contributed by atoms with Gasteiger partial charge in [-0.1, -0.05) is 18.2 Å². The summed E-state index contributed by atoms with van der Waals surface area (Å²) in [5.74, 6) is -0.604. The molecule has 6 nitrogen and oxygen atoms in total. The van der Waals surface area contributed by atoms with Crippen molar-refractivity contribution in [1.82, 2.24) is 14.3 Å². The lowest BCUT2D eigenvalue weighted by molar-refractivity contribution is -0.274. The third-order valence-electron chi connectivity index (χ3n) is 3.88. The van der Waals surface area contributed by atoms with E-state index >= 15 is 0 Å². The van der Waals surface area contributed by atoms with Crippen molar-refractivity contribution in [3.63, 3.8) is 0 Å². The molecule has 0 fully saturated rings. The number of ether oxygens (including phenoxy) is 1. The maximum atomic E-state index is 12.5. The van der Waals surface area contributed by atoms with Gasteiger partial charge in [0.05, 0.1) is 11.2 Å². The number of nitrogens with one attached hydrogen (secondary N) is 1. The summed E-state index contributed by atoms with van der Waals surface area (Å²) in [7, 11) is -4.05. The van der Waals surface area contributed by atoms with E-state index in [-0.39, 0.29) is 4.90 Å². The predicted octanol–water partition coefficient (Wildman–Crippen LogP) is 3.81. The second kappa shape index (κ2) is 7.64. The summed E-state index contributed by atoms with van der Waals surface area (Å²) in [4.78, 5) is 3.64. The summed E-state index contributed by atoms with van der Waals surface area (Å²) in [5, 5.41) is 0. The van der Waals surface area contributed by atoms with E-state index in [1.54, 1.807) is 54.5 Å². The van der Waals surface area contributed by atoms with E-state index in [4.69, 9.17) is 0 Å². The standard InChI is InChI=1S/C18H16F3N3O3S/c1-13(14-5-7-15(8-6-14)24-10-9-22-12-24)23-28(25,26)17-4-2-3-16(11-17)27-18(19,20)21/h2-13,23H,1H3. The lowest BCUT2D eigenvalue weighted by Crippen LogP contribution is -2.27. The highest BCUT2D eigenvalue weighted by Gasteiger charge is 2.31. The van der Waals surface area contributed by atoms with E-state index in [1.807, 2.05) is 0 Å². The molecule has 0 saturated heterocycles. The molecular formula is C18H16F3N3O3S. The number of aromatic nitrogens is 2. The number of halogens is 3. The average Bonchev–Trinajstić information content (AvgIpc) is 3.15. The normalized spacial score (nSPS) is 13.3. The lowest BCUT2D eigenvalue weighted by atomic mass is 10.1. The van der Waals surface area contributed by atoms with Crippen LogP contribution in [-0.2, 0) is 10.0 Å². The van der Waals surface area contributed by atoms with Gasteiger partial charge >= 0.3 is 6.36 Å². The van der Waals surface area contributed by atoms with Gasteiger partial charge < -0.3 is 9.30 Å². The zero-order chi connectivity index (χ0) is 20.4.